The highest BCUT2D eigenvalue weighted by Gasteiger charge is 2.43. The lowest BCUT2D eigenvalue weighted by molar-refractivity contribution is -0.130. The zero-order chi connectivity index (χ0) is 10.5. The van der Waals surface area contributed by atoms with Crippen molar-refractivity contribution in [1.29, 1.82) is 0 Å². The van der Waals surface area contributed by atoms with Gasteiger partial charge in [-0.25, -0.2) is 0 Å². The Labute approximate surface area is 91.2 Å². The molecule has 3 aliphatic rings. The first-order valence-corrected chi connectivity index (χ1v) is 6.21. The molecule has 2 aliphatic carbocycles. The molecule has 1 amide bonds. The zero-order valence-electron chi connectivity index (χ0n) is 9.46. The van der Waals surface area contributed by atoms with Gasteiger partial charge in [0.05, 0.1) is 6.04 Å². The van der Waals surface area contributed by atoms with Gasteiger partial charge in [-0.1, -0.05) is 6.92 Å². The summed E-state index contributed by atoms with van der Waals surface area (Å²) in [5.41, 5.74) is 0.462. The molecule has 3 nitrogen and oxygen atoms in total. The first-order chi connectivity index (χ1) is 7.16. The lowest BCUT2D eigenvalue weighted by atomic mass is 10.1. The fourth-order valence-corrected chi connectivity index (χ4v) is 2.42. The van der Waals surface area contributed by atoms with Crippen molar-refractivity contribution in [2.45, 2.75) is 51.1 Å². The number of carbonyl (C=O) groups excluding carboxylic acids is 1. The van der Waals surface area contributed by atoms with E-state index in [9.17, 15) is 4.79 Å². The van der Waals surface area contributed by atoms with Gasteiger partial charge in [-0.2, -0.15) is 0 Å². The molecule has 1 unspecified atom stereocenters. The summed E-state index contributed by atoms with van der Waals surface area (Å²) in [6, 6.07) is 0.787. The van der Waals surface area contributed by atoms with Crippen LogP contribution in [0.2, 0.25) is 0 Å². The van der Waals surface area contributed by atoms with Gasteiger partial charge in [0, 0.05) is 19.1 Å². The van der Waals surface area contributed by atoms with E-state index in [1.165, 1.54) is 25.7 Å². The minimum Gasteiger partial charge on any atom is -0.341 e. The average molecular weight is 208 g/mol. The zero-order valence-corrected chi connectivity index (χ0v) is 9.46. The van der Waals surface area contributed by atoms with Crippen LogP contribution in [-0.4, -0.2) is 36.0 Å². The summed E-state index contributed by atoms with van der Waals surface area (Å²) in [4.78, 5) is 14.1. The summed E-state index contributed by atoms with van der Waals surface area (Å²) in [7, 11) is 0. The summed E-state index contributed by atoms with van der Waals surface area (Å²) < 4.78 is 0. The van der Waals surface area contributed by atoms with Crippen LogP contribution >= 0.6 is 0 Å². The van der Waals surface area contributed by atoms with Crippen molar-refractivity contribution in [2.24, 2.45) is 5.41 Å². The molecule has 2 saturated carbocycles. The molecule has 84 valence electrons. The quantitative estimate of drug-likeness (QED) is 0.751. The maximum absolute atomic E-state index is 12.0. The molecule has 1 aliphatic heterocycles. The van der Waals surface area contributed by atoms with Crippen molar-refractivity contribution in [1.82, 2.24) is 10.2 Å². The molecule has 1 saturated heterocycles. The second-order valence-corrected chi connectivity index (χ2v) is 5.85. The standard InChI is InChI=1S/C12H20N2O/c1-12(5-6-12)8-14-7-4-10(11(14)15)13-9-2-3-9/h9-10,13H,2-8H2,1H3. The maximum atomic E-state index is 12.0. The van der Waals surface area contributed by atoms with Gasteiger partial charge in [0.25, 0.3) is 0 Å². The van der Waals surface area contributed by atoms with E-state index in [-0.39, 0.29) is 6.04 Å². The molecule has 3 rings (SSSR count). The number of rotatable bonds is 4. The van der Waals surface area contributed by atoms with Crippen molar-refractivity contribution in [3.8, 4) is 0 Å². The van der Waals surface area contributed by atoms with Crippen LogP contribution in [0.25, 0.3) is 0 Å². The largest absolute Gasteiger partial charge is 0.341 e. The highest BCUT2D eigenvalue weighted by Crippen LogP contribution is 2.46. The van der Waals surface area contributed by atoms with E-state index < -0.39 is 0 Å². The fourth-order valence-electron chi connectivity index (χ4n) is 2.42. The van der Waals surface area contributed by atoms with Crippen molar-refractivity contribution in [2.75, 3.05) is 13.1 Å². The lowest BCUT2D eigenvalue weighted by Gasteiger charge is -2.20. The Kier molecular flexibility index (Phi) is 2.06. The second kappa shape index (κ2) is 3.21. The van der Waals surface area contributed by atoms with E-state index in [2.05, 4.69) is 17.1 Å². The summed E-state index contributed by atoms with van der Waals surface area (Å²) in [5.74, 6) is 0.357. The highest BCUT2D eigenvalue weighted by atomic mass is 16.2. The third-order valence-electron chi connectivity index (χ3n) is 3.99. The van der Waals surface area contributed by atoms with Crippen LogP contribution in [0.15, 0.2) is 0 Å². The molecule has 0 aromatic carbocycles. The molecule has 0 radical (unpaired) electrons. The number of likely N-dealkylation sites (tertiary alicyclic amines) is 1. The Morgan fingerprint density at radius 3 is 2.73 bits per heavy atom. The molecule has 3 fully saturated rings. The SMILES string of the molecule is CC1(CN2CCC(NC3CC3)C2=O)CC1. The first-order valence-electron chi connectivity index (χ1n) is 6.21. The molecule has 0 spiro atoms. The third kappa shape index (κ3) is 2.03. The minimum absolute atomic E-state index is 0.139. The van der Waals surface area contributed by atoms with Crippen molar-refractivity contribution >= 4 is 5.91 Å². The van der Waals surface area contributed by atoms with Gasteiger partial charge in [-0.05, 0) is 37.5 Å². The topological polar surface area (TPSA) is 32.3 Å². The average Bonchev–Trinajstić information content (AvgIpc) is 3.08. The summed E-state index contributed by atoms with van der Waals surface area (Å²) in [6.45, 7) is 4.26. The van der Waals surface area contributed by atoms with E-state index in [0.29, 0.717) is 17.4 Å². The van der Waals surface area contributed by atoms with Gasteiger partial charge in [0.15, 0.2) is 0 Å². The first kappa shape index (κ1) is 9.64. The Bertz CT molecular complexity index is 281. The van der Waals surface area contributed by atoms with Crippen LogP contribution in [-0.2, 0) is 4.79 Å². The number of amides is 1. The van der Waals surface area contributed by atoms with Crippen LogP contribution < -0.4 is 5.32 Å². The third-order valence-corrected chi connectivity index (χ3v) is 3.99. The summed E-state index contributed by atoms with van der Waals surface area (Å²) in [5, 5.41) is 3.45. The normalized spacial score (nSPS) is 33.5. The van der Waals surface area contributed by atoms with E-state index in [1.807, 2.05) is 0 Å². The minimum atomic E-state index is 0.139. The van der Waals surface area contributed by atoms with E-state index in [1.54, 1.807) is 0 Å². The molecular weight excluding hydrogens is 188 g/mol. The van der Waals surface area contributed by atoms with Crippen LogP contribution in [0, 0.1) is 5.41 Å². The monoisotopic (exact) mass is 208 g/mol. The van der Waals surface area contributed by atoms with Crippen molar-refractivity contribution in [3.63, 3.8) is 0 Å². The molecule has 15 heavy (non-hydrogen) atoms. The molecule has 0 bridgehead atoms. The molecule has 1 N–H and O–H groups in total. The Morgan fingerprint density at radius 1 is 1.40 bits per heavy atom. The smallest absolute Gasteiger partial charge is 0.239 e. The number of carbonyl (C=O) groups is 1. The van der Waals surface area contributed by atoms with E-state index in [0.717, 1.165) is 19.5 Å². The molecule has 0 aromatic rings. The highest BCUT2D eigenvalue weighted by molar-refractivity contribution is 5.84. The predicted octanol–water partition coefficient (Wildman–Crippen LogP) is 1.14. The van der Waals surface area contributed by atoms with E-state index in [4.69, 9.17) is 0 Å². The van der Waals surface area contributed by atoms with Crippen LogP contribution in [0.4, 0.5) is 0 Å². The van der Waals surface area contributed by atoms with Gasteiger partial charge >= 0.3 is 0 Å². The molecular formula is C12H20N2O. The van der Waals surface area contributed by atoms with Gasteiger partial charge in [-0.3, -0.25) is 4.79 Å². The summed E-state index contributed by atoms with van der Waals surface area (Å²) in [6.07, 6.45) is 6.16. The van der Waals surface area contributed by atoms with Crippen molar-refractivity contribution in [3.05, 3.63) is 0 Å². The molecule has 3 heteroatoms. The second-order valence-electron chi connectivity index (χ2n) is 5.85. The van der Waals surface area contributed by atoms with Gasteiger partial charge in [0.1, 0.15) is 0 Å². The Morgan fingerprint density at radius 2 is 2.13 bits per heavy atom. The van der Waals surface area contributed by atoms with Gasteiger partial charge < -0.3 is 10.2 Å². The molecule has 0 aromatic heterocycles. The van der Waals surface area contributed by atoms with Crippen LogP contribution in [0.1, 0.15) is 39.0 Å². The van der Waals surface area contributed by atoms with Crippen LogP contribution in [0.5, 0.6) is 0 Å². The maximum Gasteiger partial charge on any atom is 0.239 e. The fraction of sp³-hybridized carbons (Fsp3) is 0.917. The Balaban J connectivity index is 1.55. The number of nitrogens with one attached hydrogen (secondary N) is 1. The molecule has 1 heterocycles. The van der Waals surface area contributed by atoms with Gasteiger partial charge in [0.2, 0.25) is 5.91 Å². The van der Waals surface area contributed by atoms with Crippen molar-refractivity contribution < 1.29 is 4.79 Å². The molecule has 1 atom stereocenters. The Hall–Kier alpha value is -0.570. The number of nitrogens with zero attached hydrogens (tertiary/aromatic N) is 1. The summed E-state index contributed by atoms with van der Waals surface area (Å²) >= 11 is 0. The predicted molar refractivity (Wildman–Crippen MR) is 58.5 cm³/mol. The van der Waals surface area contributed by atoms with Gasteiger partial charge in [-0.15, -0.1) is 0 Å². The number of hydrogen-bond donors (Lipinski definition) is 1. The van der Waals surface area contributed by atoms with E-state index >= 15 is 0 Å². The lowest BCUT2D eigenvalue weighted by Crippen LogP contribution is -2.40. The number of hydrogen-bond acceptors (Lipinski definition) is 2. The van der Waals surface area contributed by atoms with Crippen LogP contribution in [0.3, 0.4) is 0 Å².